The Labute approximate surface area is 225 Å². The molecule has 8 rings (SSSR count). The van der Waals surface area contributed by atoms with Crippen molar-refractivity contribution in [3.8, 4) is 57.2 Å². The van der Waals surface area contributed by atoms with Crippen LogP contribution in [0.1, 0.15) is 0 Å². The van der Waals surface area contributed by atoms with E-state index in [-0.39, 0.29) is 6.71 Å². The van der Waals surface area contributed by atoms with Gasteiger partial charge in [-0.15, -0.1) is 0 Å². The maximum absolute atomic E-state index is 6.48. The third-order valence-electron chi connectivity index (χ3n) is 7.25. The Kier molecular flexibility index (Phi) is 4.85. The zero-order valence-electron chi connectivity index (χ0n) is 20.8. The minimum Gasteiger partial charge on any atom is -0.458 e. The summed E-state index contributed by atoms with van der Waals surface area (Å²) in [5.41, 5.74) is 5.94. The third kappa shape index (κ3) is 3.61. The highest BCUT2D eigenvalue weighted by atomic mass is 16.5. The van der Waals surface area contributed by atoms with Crippen LogP contribution in [0.25, 0.3) is 34.2 Å². The summed E-state index contributed by atoms with van der Waals surface area (Å²) in [6.45, 7) is 0.0251. The number of hydrogen-bond donors (Lipinski definition) is 0. The van der Waals surface area contributed by atoms with E-state index in [4.69, 9.17) is 24.4 Å². The minimum absolute atomic E-state index is 0.0251. The summed E-state index contributed by atoms with van der Waals surface area (Å²) in [4.78, 5) is 14.7. The van der Waals surface area contributed by atoms with E-state index in [1.54, 1.807) is 0 Å². The lowest BCUT2D eigenvalue weighted by atomic mass is 9.35. The Morgan fingerprint density at radius 3 is 1.31 bits per heavy atom. The van der Waals surface area contributed by atoms with Crippen LogP contribution in [-0.4, -0.2) is 21.7 Å². The second-order valence-electron chi connectivity index (χ2n) is 9.64. The summed E-state index contributed by atoms with van der Waals surface area (Å²) in [6, 6.07) is 40.4. The predicted molar refractivity (Wildman–Crippen MR) is 154 cm³/mol. The fourth-order valence-electron chi connectivity index (χ4n) is 5.46. The molecule has 0 spiro atoms. The molecule has 1 aromatic heterocycles. The molecule has 0 radical (unpaired) electrons. The normalized spacial score (nSPS) is 12.5. The van der Waals surface area contributed by atoms with Crippen LogP contribution in [0.3, 0.4) is 0 Å². The highest BCUT2D eigenvalue weighted by molar-refractivity contribution is 6.98. The van der Waals surface area contributed by atoms with E-state index in [2.05, 4.69) is 24.3 Å². The molecular weight excluding hydrogens is 481 g/mol. The molecule has 3 heterocycles. The monoisotopic (exact) mass is 501 g/mol. The van der Waals surface area contributed by atoms with Gasteiger partial charge in [-0.05, 0) is 35.2 Å². The fourth-order valence-corrected chi connectivity index (χ4v) is 5.46. The summed E-state index contributed by atoms with van der Waals surface area (Å²) >= 11 is 0. The highest BCUT2D eigenvalue weighted by Crippen LogP contribution is 2.38. The van der Waals surface area contributed by atoms with Crippen LogP contribution in [0.5, 0.6) is 23.0 Å². The highest BCUT2D eigenvalue weighted by Gasteiger charge is 2.40. The van der Waals surface area contributed by atoms with Crippen LogP contribution < -0.4 is 25.9 Å². The molecule has 0 aliphatic carbocycles. The van der Waals surface area contributed by atoms with Crippen LogP contribution in [0.4, 0.5) is 0 Å². The maximum Gasteiger partial charge on any atom is 0.260 e. The van der Waals surface area contributed by atoms with E-state index in [1.807, 2.05) is 97.1 Å². The summed E-state index contributed by atoms with van der Waals surface area (Å²) in [5, 5.41) is 0. The van der Waals surface area contributed by atoms with Gasteiger partial charge in [-0.25, -0.2) is 15.0 Å². The van der Waals surface area contributed by atoms with E-state index in [1.165, 1.54) is 0 Å². The summed E-state index contributed by atoms with van der Waals surface area (Å²) in [7, 11) is 0. The van der Waals surface area contributed by atoms with Crippen LogP contribution in [0.15, 0.2) is 121 Å². The molecule has 0 atom stereocenters. The van der Waals surface area contributed by atoms with Gasteiger partial charge < -0.3 is 9.47 Å². The van der Waals surface area contributed by atoms with Gasteiger partial charge in [-0.3, -0.25) is 0 Å². The van der Waals surface area contributed by atoms with E-state index in [9.17, 15) is 0 Å². The predicted octanol–water partition coefficient (Wildman–Crippen LogP) is 5.60. The molecule has 39 heavy (non-hydrogen) atoms. The lowest BCUT2D eigenvalue weighted by Gasteiger charge is -2.33. The van der Waals surface area contributed by atoms with Crippen molar-refractivity contribution in [1.82, 2.24) is 15.0 Å². The molecule has 2 aliphatic rings. The molecule has 6 heteroatoms. The van der Waals surface area contributed by atoms with Gasteiger partial charge in [-0.2, -0.15) is 0 Å². The molecule has 6 aromatic rings. The molecule has 0 saturated heterocycles. The molecular formula is C33H20BN3O2. The Hall–Kier alpha value is -5.23. The van der Waals surface area contributed by atoms with Gasteiger partial charge in [-0.1, -0.05) is 97.1 Å². The van der Waals surface area contributed by atoms with E-state index >= 15 is 0 Å². The van der Waals surface area contributed by atoms with E-state index < -0.39 is 0 Å². The first-order chi connectivity index (χ1) is 19.3. The Balaban J connectivity index is 1.35. The average Bonchev–Trinajstić information content (AvgIpc) is 3.01. The van der Waals surface area contributed by atoms with Gasteiger partial charge in [0.25, 0.3) is 6.71 Å². The van der Waals surface area contributed by atoms with Crippen LogP contribution in [0.2, 0.25) is 0 Å². The maximum atomic E-state index is 6.48. The van der Waals surface area contributed by atoms with Gasteiger partial charge in [0.15, 0.2) is 17.5 Å². The van der Waals surface area contributed by atoms with Crippen LogP contribution >= 0.6 is 0 Å². The summed E-state index contributed by atoms with van der Waals surface area (Å²) in [5.74, 6) is 4.98. The molecule has 2 aliphatic heterocycles. The van der Waals surface area contributed by atoms with Crippen molar-refractivity contribution in [2.45, 2.75) is 0 Å². The SMILES string of the molecule is c1ccc(-c2nc(-c3ccccc3)nc(-c3cc4c5c(c3)Oc3ccccc3B5c3ccccc3O4)n2)cc1. The molecule has 0 bridgehead atoms. The van der Waals surface area contributed by atoms with Crippen molar-refractivity contribution in [1.29, 1.82) is 0 Å². The quantitative estimate of drug-likeness (QED) is 0.295. The van der Waals surface area contributed by atoms with E-state index in [0.717, 1.165) is 56.1 Å². The average molecular weight is 501 g/mol. The lowest BCUT2D eigenvalue weighted by Crippen LogP contribution is -2.57. The third-order valence-corrected chi connectivity index (χ3v) is 7.25. The number of benzene rings is 5. The van der Waals surface area contributed by atoms with Gasteiger partial charge in [0, 0.05) is 22.2 Å². The van der Waals surface area contributed by atoms with Crippen molar-refractivity contribution in [2.75, 3.05) is 0 Å². The molecule has 0 unspecified atom stereocenters. The van der Waals surface area contributed by atoms with Crippen molar-refractivity contribution >= 4 is 23.1 Å². The minimum atomic E-state index is 0.0251. The molecule has 0 fully saturated rings. The van der Waals surface area contributed by atoms with Gasteiger partial charge in [0.2, 0.25) is 0 Å². The van der Waals surface area contributed by atoms with Crippen LogP contribution in [0, 0.1) is 0 Å². The second kappa shape index (κ2) is 8.67. The van der Waals surface area contributed by atoms with Gasteiger partial charge in [0.05, 0.1) is 0 Å². The standard InChI is InChI=1S/C33H20BN3O2/c1-3-11-21(12-4-1)31-35-32(22-13-5-2-6-14-22)37-33(36-31)23-19-28-30-29(20-23)39-27-18-10-8-16-25(27)34(30)24-15-7-9-17-26(24)38-28/h1-20H. The lowest BCUT2D eigenvalue weighted by molar-refractivity contribution is 0.465. The number of fused-ring (bicyclic) bond motifs is 4. The molecule has 5 aromatic carbocycles. The summed E-state index contributed by atoms with van der Waals surface area (Å²) < 4.78 is 13.0. The van der Waals surface area contributed by atoms with Crippen molar-refractivity contribution in [3.63, 3.8) is 0 Å². The number of para-hydroxylation sites is 2. The number of rotatable bonds is 3. The second-order valence-corrected chi connectivity index (χ2v) is 9.64. The van der Waals surface area contributed by atoms with E-state index in [0.29, 0.717) is 17.5 Å². The number of nitrogens with zero attached hydrogens (tertiary/aromatic N) is 3. The largest absolute Gasteiger partial charge is 0.458 e. The fraction of sp³-hybridized carbons (Fsp3) is 0. The Morgan fingerprint density at radius 2 is 0.821 bits per heavy atom. The van der Waals surface area contributed by atoms with Crippen molar-refractivity contribution in [2.24, 2.45) is 0 Å². The Bertz CT molecular complexity index is 1750. The molecule has 182 valence electrons. The number of hydrogen-bond acceptors (Lipinski definition) is 5. The summed E-state index contributed by atoms with van der Waals surface area (Å²) in [6.07, 6.45) is 0. The number of aromatic nitrogens is 3. The Morgan fingerprint density at radius 1 is 0.410 bits per heavy atom. The van der Waals surface area contributed by atoms with Gasteiger partial charge >= 0.3 is 0 Å². The first-order valence-corrected chi connectivity index (χ1v) is 12.9. The van der Waals surface area contributed by atoms with Crippen molar-refractivity contribution < 1.29 is 9.47 Å². The molecule has 0 amide bonds. The van der Waals surface area contributed by atoms with Crippen molar-refractivity contribution in [3.05, 3.63) is 121 Å². The first-order valence-electron chi connectivity index (χ1n) is 12.9. The molecule has 0 N–H and O–H groups in total. The van der Waals surface area contributed by atoms with Gasteiger partial charge in [0.1, 0.15) is 23.0 Å². The zero-order valence-corrected chi connectivity index (χ0v) is 20.8. The molecule has 5 nitrogen and oxygen atoms in total. The van der Waals surface area contributed by atoms with Crippen LogP contribution in [-0.2, 0) is 0 Å². The number of ether oxygens (including phenoxy) is 2. The topological polar surface area (TPSA) is 57.1 Å². The molecule has 0 saturated carbocycles. The zero-order chi connectivity index (χ0) is 25.8. The smallest absolute Gasteiger partial charge is 0.260 e. The first kappa shape index (κ1) is 21.8.